The van der Waals surface area contributed by atoms with Crippen LogP contribution in [-0.4, -0.2) is 44.5 Å². The summed E-state index contributed by atoms with van der Waals surface area (Å²) in [4.78, 5) is 8.72. The lowest BCUT2D eigenvalue weighted by Gasteiger charge is -2.49. The molecule has 0 amide bonds. The maximum Gasteiger partial charge on any atom is 0.226 e. The standard InChI is InChI=1S/C12H18N6O/c1-12(2)7(4-8(12)19)15-9-6-5-14-18-10(6)17-11(13-3)16-9/h5,7-8,19H,4H2,1-3H3,(H3,13,14,15,16,17,18). The summed E-state index contributed by atoms with van der Waals surface area (Å²) in [7, 11) is 1.78. The molecular weight excluding hydrogens is 244 g/mol. The average Bonchev–Trinajstić information content (AvgIpc) is 2.86. The first-order valence-electron chi connectivity index (χ1n) is 6.36. The summed E-state index contributed by atoms with van der Waals surface area (Å²) < 4.78 is 0. The van der Waals surface area contributed by atoms with E-state index in [1.165, 1.54) is 0 Å². The lowest BCUT2D eigenvalue weighted by Crippen LogP contribution is -2.57. The molecule has 2 unspecified atom stereocenters. The minimum absolute atomic E-state index is 0.152. The van der Waals surface area contributed by atoms with Crippen molar-refractivity contribution in [1.29, 1.82) is 0 Å². The van der Waals surface area contributed by atoms with Gasteiger partial charge in [0.05, 0.1) is 17.7 Å². The Balaban J connectivity index is 1.94. The highest BCUT2D eigenvalue weighted by atomic mass is 16.3. The van der Waals surface area contributed by atoms with Crippen molar-refractivity contribution in [2.45, 2.75) is 32.4 Å². The normalized spacial score (nSPS) is 25.1. The van der Waals surface area contributed by atoms with Gasteiger partial charge in [-0.1, -0.05) is 13.8 Å². The fraction of sp³-hybridized carbons (Fsp3) is 0.583. The minimum Gasteiger partial charge on any atom is -0.392 e. The first-order chi connectivity index (χ1) is 9.02. The van der Waals surface area contributed by atoms with Gasteiger partial charge in [-0.2, -0.15) is 15.1 Å². The van der Waals surface area contributed by atoms with Crippen LogP contribution < -0.4 is 10.6 Å². The van der Waals surface area contributed by atoms with Gasteiger partial charge in [0.25, 0.3) is 0 Å². The molecule has 19 heavy (non-hydrogen) atoms. The van der Waals surface area contributed by atoms with Crippen LogP contribution >= 0.6 is 0 Å². The third-order valence-corrected chi connectivity index (χ3v) is 4.06. The second-order valence-electron chi connectivity index (χ2n) is 5.55. The fourth-order valence-electron chi connectivity index (χ4n) is 2.37. The molecule has 0 aliphatic heterocycles. The molecule has 1 saturated carbocycles. The molecule has 3 rings (SSSR count). The summed E-state index contributed by atoms with van der Waals surface area (Å²) >= 11 is 0. The summed E-state index contributed by atoms with van der Waals surface area (Å²) in [5, 5.41) is 23.8. The van der Waals surface area contributed by atoms with Gasteiger partial charge in [-0.15, -0.1) is 0 Å². The number of aliphatic hydroxyl groups excluding tert-OH is 1. The summed E-state index contributed by atoms with van der Waals surface area (Å²) in [5.41, 5.74) is 0.542. The maximum absolute atomic E-state index is 9.79. The summed E-state index contributed by atoms with van der Waals surface area (Å²) in [6.07, 6.45) is 2.17. The highest BCUT2D eigenvalue weighted by Crippen LogP contribution is 2.42. The summed E-state index contributed by atoms with van der Waals surface area (Å²) in [6.45, 7) is 4.09. The van der Waals surface area contributed by atoms with Crippen LogP contribution in [0.5, 0.6) is 0 Å². The number of hydrogen-bond acceptors (Lipinski definition) is 6. The Morgan fingerprint density at radius 2 is 2.21 bits per heavy atom. The van der Waals surface area contributed by atoms with E-state index in [9.17, 15) is 5.11 Å². The third-order valence-electron chi connectivity index (χ3n) is 4.06. The molecular formula is C12H18N6O. The molecule has 2 heterocycles. The van der Waals surface area contributed by atoms with Crippen LogP contribution in [-0.2, 0) is 0 Å². The van der Waals surface area contributed by atoms with Crippen LogP contribution in [0.2, 0.25) is 0 Å². The van der Waals surface area contributed by atoms with E-state index in [2.05, 4.69) is 30.8 Å². The first-order valence-corrected chi connectivity index (χ1v) is 6.36. The van der Waals surface area contributed by atoms with Crippen molar-refractivity contribution in [3.8, 4) is 0 Å². The maximum atomic E-state index is 9.79. The molecule has 0 radical (unpaired) electrons. The Bertz CT molecular complexity index is 607. The zero-order valence-corrected chi connectivity index (χ0v) is 11.2. The van der Waals surface area contributed by atoms with Gasteiger partial charge in [-0.05, 0) is 6.42 Å². The fourth-order valence-corrected chi connectivity index (χ4v) is 2.37. The van der Waals surface area contributed by atoms with E-state index in [0.717, 1.165) is 17.6 Å². The van der Waals surface area contributed by atoms with Gasteiger partial charge < -0.3 is 15.7 Å². The molecule has 7 nitrogen and oxygen atoms in total. The van der Waals surface area contributed by atoms with Gasteiger partial charge in [-0.25, -0.2) is 0 Å². The molecule has 4 N–H and O–H groups in total. The molecule has 7 heteroatoms. The largest absolute Gasteiger partial charge is 0.392 e. The van der Waals surface area contributed by atoms with Gasteiger partial charge >= 0.3 is 0 Å². The number of H-pyrrole nitrogens is 1. The van der Waals surface area contributed by atoms with E-state index in [1.54, 1.807) is 13.2 Å². The Kier molecular flexibility index (Phi) is 2.60. The van der Waals surface area contributed by atoms with Crippen molar-refractivity contribution < 1.29 is 5.11 Å². The van der Waals surface area contributed by atoms with Gasteiger partial charge in [0.1, 0.15) is 5.82 Å². The van der Waals surface area contributed by atoms with E-state index in [4.69, 9.17) is 0 Å². The molecule has 0 bridgehead atoms. The molecule has 1 aliphatic carbocycles. The predicted molar refractivity (Wildman–Crippen MR) is 73.0 cm³/mol. The number of hydrogen-bond donors (Lipinski definition) is 4. The molecule has 0 spiro atoms. The van der Waals surface area contributed by atoms with E-state index < -0.39 is 0 Å². The molecule has 2 atom stereocenters. The highest BCUT2D eigenvalue weighted by molar-refractivity contribution is 5.87. The van der Waals surface area contributed by atoms with Crippen molar-refractivity contribution >= 4 is 22.8 Å². The van der Waals surface area contributed by atoms with Gasteiger partial charge in [0.15, 0.2) is 5.65 Å². The van der Waals surface area contributed by atoms with Crippen LogP contribution in [0.15, 0.2) is 6.20 Å². The Morgan fingerprint density at radius 3 is 2.84 bits per heavy atom. The number of aliphatic hydroxyl groups is 1. The summed E-state index contributed by atoms with van der Waals surface area (Å²) in [6, 6.07) is 0.195. The molecule has 102 valence electrons. The van der Waals surface area contributed by atoms with Crippen LogP contribution in [0.1, 0.15) is 20.3 Å². The van der Waals surface area contributed by atoms with E-state index in [1.807, 2.05) is 13.8 Å². The number of fused-ring (bicyclic) bond motifs is 1. The number of nitrogens with one attached hydrogen (secondary N) is 3. The van der Waals surface area contributed by atoms with Crippen LogP contribution in [0.25, 0.3) is 11.0 Å². The zero-order chi connectivity index (χ0) is 13.6. The number of aromatic amines is 1. The second kappa shape index (κ2) is 4.06. The lowest BCUT2D eigenvalue weighted by molar-refractivity contribution is -0.0511. The molecule has 2 aromatic rings. The summed E-state index contributed by atoms with van der Waals surface area (Å²) in [5.74, 6) is 1.28. The number of aromatic nitrogens is 4. The molecule has 1 fully saturated rings. The van der Waals surface area contributed by atoms with E-state index in [-0.39, 0.29) is 17.6 Å². The van der Waals surface area contributed by atoms with Crippen molar-refractivity contribution in [2.75, 3.05) is 17.7 Å². The molecule has 0 aromatic carbocycles. The Morgan fingerprint density at radius 1 is 1.42 bits per heavy atom. The van der Waals surface area contributed by atoms with Crippen molar-refractivity contribution in [2.24, 2.45) is 5.41 Å². The van der Waals surface area contributed by atoms with Gasteiger partial charge in [-0.3, -0.25) is 5.10 Å². The molecule has 0 saturated heterocycles. The number of anilines is 2. The van der Waals surface area contributed by atoms with Gasteiger partial charge in [0, 0.05) is 18.5 Å². The highest BCUT2D eigenvalue weighted by Gasteiger charge is 2.47. The Hall–Kier alpha value is -1.89. The SMILES string of the molecule is CNc1nc(NC2CC(O)C2(C)C)c2cn[nH]c2n1. The monoisotopic (exact) mass is 262 g/mol. The lowest BCUT2D eigenvalue weighted by atomic mass is 9.64. The number of nitrogens with zero attached hydrogens (tertiary/aromatic N) is 3. The molecule has 2 aromatic heterocycles. The second-order valence-corrected chi connectivity index (χ2v) is 5.55. The van der Waals surface area contributed by atoms with Crippen LogP contribution in [0.4, 0.5) is 11.8 Å². The quantitative estimate of drug-likeness (QED) is 0.658. The van der Waals surface area contributed by atoms with Crippen molar-refractivity contribution in [1.82, 2.24) is 20.2 Å². The topological polar surface area (TPSA) is 98.8 Å². The van der Waals surface area contributed by atoms with Crippen molar-refractivity contribution in [3.05, 3.63) is 6.20 Å². The first kappa shape index (κ1) is 12.2. The van der Waals surface area contributed by atoms with E-state index in [0.29, 0.717) is 11.6 Å². The van der Waals surface area contributed by atoms with Crippen molar-refractivity contribution in [3.63, 3.8) is 0 Å². The molecule has 1 aliphatic rings. The van der Waals surface area contributed by atoms with Crippen LogP contribution in [0, 0.1) is 5.41 Å². The number of rotatable bonds is 3. The smallest absolute Gasteiger partial charge is 0.226 e. The van der Waals surface area contributed by atoms with Gasteiger partial charge in [0.2, 0.25) is 5.95 Å². The van der Waals surface area contributed by atoms with E-state index >= 15 is 0 Å². The third kappa shape index (κ3) is 1.81. The zero-order valence-electron chi connectivity index (χ0n) is 11.2. The average molecular weight is 262 g/mol. The Labute approximate surface area is 110 Å². The predicted octanol–water partition coefficient (Wildman–Crippen LogP) is 0.966. The van der Waals surface area contributed by atoms with Crippen LogP contribution in [0.3, 0.4) is 0 Å². The minimum atomic E-state index is -0.268.